The van der Waals surface area contributed by atoms with Crippen LogP contribution in [0.4, 0.5) is 0 Å². The number of aliphatic imine (C=N–C) groups is 1. The molecule has 0 aromatic carbocycles. The van der Waals surface area contributed by atoms with Gasteiger partial charge in [0.2, 0.25) is 0 Å². The van der Waals surface area contributed by atoms with Gasteiger partial charge >= 0.3 is 0 Å². The average molecular weight is 339 g/mol. The molecule has 0 aromatic heterocycles. The number of nitrogens with zero attached hydrogens (tertiary/aromatic N) is 3. The first kappa shape index (κ1) is 17.1. The van der Waals surface area contributed by atoms with E-state index in [4.69, 9.17) is 4.74 Å². The van der Waals surface area contributed by atoms with E-state index in [0.717, 1.165) is 64.7 Å². The van der Waals surface area contributed by atoms with Crippen molar-refractivity contribution < 1.29 is 4.74 Å². The Labute approximate surface area is 144 Å². The van der Waals surface area contributed by atoms with Crippen LogP contribution in [0.5, 0.6) is 0 Å². The van der Waals surface area contributed by atoms with Gasteiger partial charge in [-0.3, -0.25) is 9.89 Å². The number of likely N-dealkylation sites (tertiary alicyclic amines) is 1. The third-order valence-corrected chi connectivity index (χ3v) is 6.86. The summed E-state index contributed by atoms with van der Waals surface area (Å²) in [6.45, 7) is 7.17. The van der Waals surface area contributed by atoms with E-state index in [-0.39, 0.29) is 0 Å². The van der Waals surface area contributed by atoms with Gasteiger partial charge in [0.05, 0.1) is 0 Å². The predicted octanol–water partition coefficient (Wildman–Crippen LogP) is 1.42. The van der Waals surface area contributed by atoms with Gasteiger partial charge in [0.1, 0.15) is 0 Å². The molecule has 0 spiro atoms. The normalized spacial score (nSPS) is 28.5. The summed E-state index contributed by atoms with van der Waals surface area (Å²) in [4.78, 5) is 9.53. The molecule has 130 valence electrons. The van der Waals surface area contributed by atoms with Crippen LogP contribution in [0.25, 0.3) is 0 Å². The lowest BCUT2D eigenvalue weighted by Crippen LogP contribution is -2.49. The second-order valence-corrected chi connectivity index (χ2v) is 7.99. The standard InChI is InChI=1S/C17H30N4OS/c1-18-16(19-14-17(23-2)6-11-22-12-7-17)21-10-5-15(13-21)20-8-3-4-9-20/h3-4,15H,5-14H2,1-2H3,(H,18,19). The summed E-state index contributed by atoms with van der Waals surface area (Å²) in [7, 11) is 1.91. The molecule has 3 rings (SSSR count). The summed E-state index contributed by atoms with van der Waals surface area (Å²) in [6, 6.07) is 0.668. The maximum absolute atomic E-state index is 5.54. The summed E-state index contributed by atoms with van der Waals surface area (Å²) in [5, 5.41) is 3.65. The number of ether oxygens (including phenoxy) is 1. The first-order chi connectivity index (χ1) is 11.3. The maximum atomic E-state index is 5.54. The summed E-state index contributed by atoms with van der Waals surface area (Å²) in [5.74, 6) is 1.07. The first-order valence-corrected chi connectivity index (χ1v) is 9.96. The molecule has 1 N–H and O–H groups in total. The van der Waals surface area contributed by atoms with Crippen LogP contribution in [0.1, 0.15) is 19.3 Å². The second kappa shape index (κ2) is 7.90. The summed E-state index contributed by atoms with van der Waals surface area (Å²) < 4.78 is 5.84. The van der Waals surface area contributed by atoms with Crippen LogP contribution in [0, 0.1) is 0 Å². The van der Waals surface area contributed by atoms with Crippen LogP contribution >= 0.6 is 11.8 Å². The van der Waals surface area contributed by atoms with Crippen molar-refractivity contribution in [2.45, 2.75) is 30.1 Å². The van der Waals surface area contributed by atoms with Gasteiger partial charge in [-0.05, 0) is 25.5 Å². The van der Waals surface area contributed by atoms with Gasteiger partial charge in [-0.15, -0.1) is 0 Å². The zero-order valence-electron chi connectivity index (χ0n) is 14.5. The smallest absolute Gasteiger partial charge is 0.193 e. The Kier molecular flexibility index (Phi) is 5.88. The number of rotatable bonds is 4. The van der Waals surface area contributed by atoms with Crippen LogP contribution in [0.2, 0.25) is 0 Å². The van der Waals surface area contributed by atoms with Crippen molar-refractivity contribution in [2.24, 2.45) is 4.99 Å². The van der Waals surface area contributed by atoms with E-state index in [1.165, 1.54) is 6.42 Å². The molecule has 2 saturated heterocycles. The molecule has 6 heteroatoms. The minimum absolute atomic E-state index is 0.298. The fourth-order valence-electron chi connectivity index (χ4n) is 3.79. The van der Waals surface area contributed by atoms with E-state index in [0.29, 0.717) is 10.8 Å². The molecule has 3 heterocycles. The van der Waals surface area contributed by atoms with Crippen LogP contribution in [0.3, 0.4) is 0 Å². The van der Waals surface area contributed by atoms with Crippen LogP contribution < -0.4 is 5.32 Å². The molecule has 0 amide bonds. The van der Waals surface area contributed by atoms with Gasteiger partial charge < -0.3 is 15.0 Å². The SMILES string of the molecule is CN=C(NCC1(SC)CCOCC1)N1CCC(N2CC=CC2)C1. The Morgan fingerprint density at radius 1 is 1.35 bits per heavy atom. The van der Waals surface area contributed by atoms with Gasteiger partial charge in [0.25, 0.3) is 0 Å². The lowest BCUT2D eigenvalue weighted by Gasteiger charge is -2.37. The van der Waals surface area contributed by atoms with Crippen molar-refractivity contribution in [1.82, 2.24) is 15.1 Å². The summed E-state index contributed by atoms with van der Waals surface area (Å²) in [6.07, 6.45) is 10.3. The predicted molar refractivity (Wildman–Crippen MR) is 98.4 cm³/mol. The molecule has 1 unspecified atom stereocenters. The summed E-state index contributed by atoms with van der Waals surface area (Å²) in [5.41, 5.74) is 0. The molecule has 0 aromatic rings. The van der Waals surface area contributed by atoms with Crippen molar-refractivity contribution in [1.29, 1.82) is 0 Å². The molecule has 23 heavy (non-hydrogen) atoms. The fraction of sp³-hybridized carbons (Fsp3) is 0.824. The molecule has 0 saturated carbocycles. The van der Waals surface area contributed by atoms with E-state index in [1.54, 1.807) is 0 Å². The van der Waals surface area contributed by atoms with E-state index < -0.39 is 0 Å². The molecule has 0 bridgehead atoms. The molecule has 0 radical (unpaired) electrons. The number of hydrogen-bond donors (Lipinski definition) is 1. The maximum Gasteiger partial charge on any atom is 0.193 e. The number of hydrogen-bond acceptors (Lipinski definition) is 4. The quantitative estimate of drug-likeness (QED) is 0.477. The molecule has 3 aliphatic heterocycles. The van der Waals surface area contributed by atoms with Gasteiger partial charge in [-0.2, -0.15) is 11.8 Å². The van der Waals surface area contributed by atoms with Gasteiger partial charge in [0.15, 0.2) is 5.96 Å². The highest BCUT2D eigenvalue weighted by Crippen LogP contribution is 2.33. The lowest BCUT2D eigenvalue weighted by atomic mass is 9.99. The first-order valence-electron chi connectivity index (χ1n) is 8.74. The van der Waals surface area contributed by atoms with Crippen LogP contribution in [-0.2, 0) is 4.74 Å². The molecule has 3 aliphatic rings. The third-order valence-electron chi connectivity index (χ3n) is 5.44. The summed E-state index contributed by atoms with van der Waals surface area (Å²) >= 11 is 1.98. The monoisotopic (exact) mass is 338 g/mol. The van der Waals surface area contributed by atoms with Gasteiger partial charge in [-0.25, -0.2) is 0 Å². The van der Waals surface area contributed by atoms with Gasteiger partial charge in [0, 0.05) is 63.8 Å². The van der Waals surface area contributed by atoms with Crippen molar-refractivity contribution in [3.8, 4) is 0 Å². The lowest BCUT2D eigenvalue weighted by molar-refractivity contribution is 0.0781. The van der Waals surface area contributed by atoms with E-state index >= 15 is 0 Å². The molecule has 2 fully saturated rings. The minimum Gasteiger partial charge on any atom is -0.381 e. The Morgan fingerprint density at radius 3 is 2.74 bits per heavy atom. The highest BCUT2D eigenvalue weighted by atomic mass is 32.2. The zero-order valence-corrected chi connectivity index (χ0v) is 15.3. The van der Waals surface area contributed by atoms with E-state index in [1.807, 2.05) is 18.8 Å². The third kappa shape index (κ3) is 4.03. The van der Waals surface area contributed by atoms with E-state index in [9.17, 15) is 0 Å². The molecular formula is C17H30N4OS. The Balaban J connectivity index is 1.52. The highest BCUT2D eigenvalue weighted by Gasteiger charge is 2.34. The molecule has 1 atom stereocenters. The van der Waals surface area contributed by atoms with Crippen molar-refractivity contribution in [3.05, 3.63) is 12.2 Å². The highest BCUT2D eigenvalue weighted by molar-refractivity contribution is 8.00. The van der Waals surface area contributed by atoms with Crippen LogP contribution in [0.15, 0.2) is 17.1 Å². The Morgan fingerprint density at radius 2 is 2.09 bits per heavy atom. The molecule has 0 aliphatic carbocycles. The molecular weight excluding hydrogens is 308 g/mol. The number of thioether (sulfide) groups is 1. The Hall–Kier alpha value is -0.720. The minimum atomic E-state index is 0.298. The zero-order chi connectivity index (χ0) is 16.1. The van der Waals surface area contributed by atoms with E-state index in [2.05, 4.69) is 38.5 Å². The second-order valence-electron chi connectivity index (χ2n) is 6.71. The topological polar surface area (TPSA) is 40.1 Å². The molecule has 5 nitrogen and oxygen atoms in total. The van der Waals surface area contributed by atoms with Crippen molar-refractivity contribution in [3.63, 3.8) is 0 Å². The van der Waals surface area contributed by atoms with Gasteiger partial charge in [-0.1, -0.05) is 12.2 Å². The van der Waals surface area contributed by atoms with Crippen LogP contribution in [-0.4, -0.2) is 85.8 Å². The number of guanidine groups is 1. The number of nitrogens with one attached hydrogen (secondary N) is 1. The Bertz CT molecular complexity index is 440. The average Bonchev–Trinajstić information content (AvgIpc) is 3.28. The van der Waals surface area contributed by atoms with Crippen molar-refractivity contribution in [2.75, 3.05) is 59.2 Å². The van der Waals surface area contributed by atoms with Crippen molar-refractivity contribution >= 4 is 17.7 Å². The largest absolute Gasteiger partial charge is 0.381 e. The fourth-order valence-corrected chi connectivity index (χ4v) is 4.59.